The van der Waals surface area contributed by atoms with Gasteiger partial charge in [-0.05, 0) is 184 Å². The highest BCUT2D eigenvalue weighted by molar-refractivity contribution is 7.28. The van der Waals surface area contributed by atoms with E-state index in [-0.39, 0.29) is 0 Å². The second kappa shape index (κ2) is 31.9. The Hall–Kier alpha value is -4.21. The van der Waals surface area contributed by atoms with E-state index >= 15 is 0 Å². The summed E-state index contributed by atoms with van der Waals surface area (Å²) in [6.07, 6.45) is 27.8. The van der Waals surface area contributed by atoms with Crippen LogP contribution in [0.1, 0.15) is 212 Å². The molecule has 0 saturated carbocycles. The number of thiophene rings is 6. The molecule has 88 heavy (non-hydrogen) atoms. The zero-order valence-corrected chi connectivity index (χ0v) is 63.0. The summed E-state index contributed by atoms with van der Waals surface area (Å²) in [5.74, 6) is 7.59. The van der Waals surface area contributed by atoms with Gasteiger partial charge in [0.1, 0.15) is 16.1 Å². The van der Waals surface area contributed by atoms with Crippen LogP contribution in [0.25, 0.3) is 82.0 Å². The largest absolute Gasteiger partial charge is 0.245 e. The fourth-order valence-corrected chi connectivity index (χ4v) is 21.0. The second-order valence-electron chi connectivity index (χ2n) is 26.6. The van der Waals surface area contributed by atoms with Crippen LogP contribution in [0.4, 0.5) is 0 Å². The van der Waals surface area contributed by atoms with E-state index in [2.05, 4.69) is 178 Å². The number of hydrogen-bond donors (Lipinski definition) is 0. The average molecular weight is 1310 g/mol. The van der Waals surface area contributed by atoms with Crippen molar-refractivity contribution >= 4 is 106 Å². The number of rotatable bonds is 30. The van der Waals surface area contributed by atoms with E-state index in [1.165, 1.54) is 158 Å². The Labute approximate surface area is 558 Å². The molecular weight excluding hydrogens is 1210 g/mol. The fraction of sp³-hybridized carbons (Fsp3) is 0.487. The maximum atomic E-state index is 5.80. The third kappa shape index (κ3) is 16.3. The van der Waals surface area contributed by atoms with Crippen molar-refractivity contribution in [2.24, 2.45) is 0 Å². The van der Waals surface area contributed by atoms with E-state index < -0.39 is 16.1 Å². The molecule has 2 nitrogen and oxygen atoms in total. The molecule has 9 rings (SSSR count). The van der Waals surface area contributed by atoms with Gasteiger partial charge in [-0.15, -0.1) is 79.1 Å². The van der Waals surface area contributed by atoms with Gasteiger partial charge in [0.2, 0.25) is 0 Å². The number of aromatic nitrogens is 2. The van der Waals surface area contributed by atoms with Crippen LogP contribution in [0.3, 0.4) is 0 Å². The highest BCUT2D eigenvalue weighted by atomic mass is 32.1. The van der Waals surface area contributed by atoms with Crippen LogP contribution in [0.2, 0.25) is 39.3 Å². The van der Waals surface area contributed by atoms with Crippen LogP contribution in [-0.2, 0) is 51.4 Å². The first kappa shape index (κ1) is 68.2. The highest BCUT2D eigenvalue weighted by Crippen LogP contribution is 2.52. The van der Waals surface area contributed by atoms with Gasteiger partial charge in [-0.1, -0.05) is 182 Å². The van der Waals surface area contributed by atoms with Crippen molar-refractivity contribution < 1.29 is 0 Å². The summed E-state index contributed by atoms with van der Waals surface area (Å²) >= 11 is 12.0. The van der Waals surface area contributed by atoms with Gasteiger partial charge in [-0.25, -0.2) is 9.97 Å². The molecule has 0 fully saturated rings. The van der Waals surface area contributed by atoms with E-state index in [1.807, 2.05) is 68.0 Å². The normalized spacial score (nSPS) is 12.0. The van der Waals surface area contributed by atoms with E-state index in [0.29, 0.717) is 0 Å². The summed E-state index contributed by atoms with van der Waals surface area (Å²) in [5, 5.41) is 2.30. The van der Waals surface area contributed by atoms with E-state index in [9.17, 15) is 0 Å². The molecule has 0 amide bonds. The van der Waals surface area contributed by atoms with Crippen LogP contribution < -0.4 is 0 Å². The third-order valence-electron chi connectivity index (χ3n) is 16.9. The molecule has 0 N–H and O–H groups in total. The number of pyridine rings is 2. The zero-order chi connectivity index (χ0) is 62.5. The Morgan fingerprint density at radius 1 is 0.295 bits per heavy atom. The molecule has 0 saturated heterocycles. The smallest absolute Gasteiger partial charge is 0.129 e. The predicted molar refractivity (Wildman–Crippen MR) is 406 cm³/mol. The quantitative estimate of drug-likeness (QED) is 0.0255. The summed E-state index contributed by atoms with van der Waals surface area (Å²) in [6, 6.07) is 23.7. The van der Waals surface area contributed by atoms with Gasteiger partial charge < -0.3 is 0 Å². The molecule has 0 spiro atoms. The Bertz CT molecular complexity index is 3670. The van der Waals surface area contributed by atoms with E-state index in [0.717, 1.165) is 110 Å². The van der Waals surface area contributed by atoms with Crippen molar-refractivity contribution in [3.8, 4) is 83.1 Å². The maximum absolute atomic E-state index is 5.80. The summed E-state index contributed by atoms with van der Waals surface area (Å²) in [6.45, 7) is 33.0. The van der Waals surface area contributed by atoms with Crippen LogP contribution in [-0.4, -0.2) is 26.1 Å². The summed E-state index contributed by atoms with van der Waals surface area (Å²) < 4.78 is 0. The molecule has 10 heteroatoms. The van der Waals surface area contributed by atoms with Gasteiger partial charge >= 0.3 is 0 Å². The lowest BCUT2D eigenvalue weighted by Crippen LogP contribution is -2.16. The topological polar surface area (TPSA) is 25.8 Å². The molecule has 0 radical (unpaired) electrons. The first-order chi connectivity index (χ1) is 42.6. The minimum absolute atomic E-state index is 1.01. The first-order valence-electron chi connectivity index (χ1n) is 34.1. The molecule has 0 unspecified atom stereocenters. The summed E-state index contributed by atoms with van der Waals surface area (Å²) in [4.78, 5) is 28.4. The number of fused-ring (bicyclic) bond motifs is 3. The molecule has 0 aliphatic heterocycles. The van der Waals surface area contributed by atoms with Crippen molar-refractivity contribution in [3.63, 3.8) is 0 Å². The lowest BCUT2D eigenvalue weighted by Gasteiger charge is -2.11. The van der Waals surface area contributed by atoms with Crippen molar-refractivity contribution in [2.75, 3.05) is 0 Å². The molecule has 0 aliphatic rings. The number of hydrogen-bond acceptors (Lipinski definition) is 8. The fourth-order valence-electron chi connectivity index (χ4n) is 12.0. The van der Waals surface area contributed by atoms with Crippen molar-refractivity contribution in [3.05, 3.63) is 115 Å². The molecule has 466 valence electrons. The highest BCUT2D eigenvalue weighted by Gasteiger charge is 2.28. The lowest BCUT2D eigenvalue weighted by atomic mass is 9.96. The van der Waals surface area contributed by atoms with Gasteiger partial charge in [0, 0.05) is 49.8 Å². The second-order valence-corrected chi connectivity index (χ2v) is 42.4. The van der Waals surface area contributed by atoms with Gasteiger partial charge in [-0.3, -0.25) is 0 Å². The number of unbranched alkanes of at least 4 members (excludes halogenated alkanes) is 8. The molecule has 8 heterocycles. The lowest BCUT2D eigenvalue weighted by molar-refractivity contribution is 0.762. The standard InChI is InChI=1S/C78H100N2S6Si2/c1-15-23-31-55-57(33-25-17-3)75(83-65(55)49-51-87(9,10)11)67-45-47-69(81-67)77-61(37-29-21-7)59(35-27-19-5)73(85-77)63-43-41-53-39-40-54-42-44-64(80-72(54)71(53)79-63)74-60(36-28-20-6)62(38-30-22-8)78(86-74)70-48-46-68(82-70)76-58(34-26-18-4)56(32-24-16-2)66(84-76)50-52-88(12,13)14/h39-48H,15-38H2,1-14H3. The molecule has 8 aromatic heterocycles. The van der Waals surface area contributed by atoms with Crippen molar-refractivity contribution in [2.45, 2.75) is 249 Å². The molecule has 1 aromatic carbocycles. The van der Waals surface area contributed by atoms with E-state index in [4.69, 9.17) is 9.97 Å². The SMILES string of the molecule is CCCCc1c(C#C[Si](C)(C)C)sc(-c2ccc(-c3sc(-c4ccc5ccc6ccc(-c7sc(-c8ccc(-c9sc(C#C[Si](C)(C)C)c(CCCC)c9CCCC)s8)c(CCCC)c7CCCC)nc6c5n4)c(CCCC)c3CCCC)s2)c1CCCC. The van der Waals surface area contributed by atoms with Crippen LogP contribution in [0, 0.1) is 22.9 Å². The molecule has 0 atom stereocenters. The minimum atomic E-state index is -1.55. The maximum Gasteiger partial charge on any atom is 0.129 e. The molecule has 0 bridgehead atoms. The van der Waals surface area contributed by atoms with Crippen LogP contribution in [0.15, 0.2) is 60.7 Å². The van der Waals surface area contributed by atoms with Gasteiger partial charge in [0.15, 0.2) is 0 Å². The Balaban J connectivity index is 1.16. The van der Waals surface area contributed by atoms with Gasteiger partial charge in [0.05, 0.1) is 41.9 Å². The minimum Gasteiger partial charge on any atom is -0.245 e. The Kier molecular flexibility index (Phi) is 24.7. The summed E-state index contributed by atoms with van der Waals surface area (Å²) in [7, 11) is -3.11. The van der Waals surface area contributed by atoms with Gasteiger partial charge in [-0.2, -0.15) is 0 Å². The monoisotopic (exact) mass is 1310 g/mol. The van der Waals surface area contributed by atoms with Crippen LogP contribution >= 0.6 is 68.0 Å². The van der Waals surface area contributed by atoms with Crippen molar-refractivity contribution in [1.29, 1.82) is 0 Å². The number of nitrogens with zero attached hydrogens (tertiary/aromatic N) is 2. The molecule has 9 aromatic rings. The number of benzene rings is 1. The van der Waals surface area contributed by atoms with Crippen LogP contribution in [0.5, 0.6) is 0 Å². The van der Waals surface area contributed by atoms with Crippen molar-refractivity contribution in [1.82, 2.24) is 9.97 Å². The first-order valence-corrected chi connectivity index (χ1v) is 46.0. The zero-order valence-electron chi connectivity index (χ0n) is 56.1. The Morgan fingerprint density at radius 2 is 0.545 bits per heavy atom. The predicted octanol–water partition coefficient (Wildman–Crippen LogP) is 26.4. The molecule has 0 aliphatic carbocycles. The van der Waals surface area contributed by atoms with Gasteiger partial charge in [0.25, 0.3) is 0 Å². The Morgan fingerprint density at radius 3 is 0.830 bits per heavy atom. The third-order valence-corrected chi connectivity index (χ3v) is 26.5. The average Bonchev–Trinajstić information content (AvgIpc) is 1.83. The summed E-state index contributed by atoms with van der Waals surface area (Å²) in [5.41, 5.74) is 24.1. The molecular formula is C78H100N2S6Si2. The van der Waals surface area contributed by atoms with E-state index in [1.54, 1.807) is 22.3 Å².